The second-order valence-electron chi connectivity index (χ2n) is 7.20. The van der Waals surface area contributed by atoms with Crippen molar-refractivity contribution in [3.63, 3.8) is 0 Å². The molecule has 2 atom stereocenters. The molecule has 9 heteroatoms. The summed E-state index contributed by atoms with van der Waals surface area (Å²) >= 11 is 6.18. The Balaban J connectivity index is 1.62. The van der Waals surface area contributed by atoms with Gasteiger partial charge in [0.15, 0.2) is 12.0 Å². The molecule has 2 aliphatic rings. The van der Waals surface area contributed by atoms with Gasteiger partial charge in [0, 0.05) is 18.7 Å². The lowest BCUT2D eigenvalue weighted by Gasteiger charge is -2.33. The van der Waals surface area contributed by atoms with Gasteiger partial charge in [0.05, 0.1) is 24.8 Å². The summed E-state index contributed by atoms with van der Waals surface area (Å²) < 4.78 is 33.9. The third kappa shape index (κ3) is 3.36. The summed E-state index contributed by atoms with van der Waals surface area (Å²) in [7, 11) is 0. The Hall–Kier alpha value is -2.58. The molecular weight excluding hydrogens is 406 g/mol. The van der Waals surface area contributed by atoms with Gasteiger partial charge in [0.2, 0.25) is 5.43 Å². The van der Waals surface area contributed by atoms with Crippen LogP contribution in [0.3, 0.4) is 0 Å². The monoisotopic (exact) mass is 422 g/mol. The number of aromatic nitrogens is 1. The second-order valence-corrected chi connectivity index (χ2v) is 7.57. The first-order valence-corrected chi connectivity index (χ1v) is 9.50. The molecule has 6 nitrogen and oxygen atoms in total. The van der Waals surface area contributed by atoms with Crippen LogP contribution in [-0.2, 0) is 17.7 Å². The van der Waals surface area contributed by atoms with E-state index in [1.807, 2.05) is 6.92 Å². The van der Waals surface area contributed by atoms with Crippen molar-refractivity contribution >= 4 is 23.3 Å². The molecule has 2 aliphatic heterocycles. The minimum atomic E-state index is -0.754. The Kier molecular flexibility index (Phi) is 5.00. The highest BCUT2D eigenvalue weighted by Crippen LogP contribution is 2.29. The summed E-state index contributed by atoms with van der Waals surface area (Å²) in [5.41, 5.74) is -0.704. The van der Waals surface area contributed by atoms with Crippen LogP contribution >= 0.6 is 11.6 Å². The molecule has 0 spiro atoms. The summed E-state index contributed by atoms with van der Waals surface area (Å²) in [5.74, 6) is -2.41. The van der Waals surface area contributed by atoms with Crippen molar-refractivity contribution in [2.45, 2.75) is 38.6 Å². The predicted molar refractivity (Wildman–Crippen MR) is 100 cm³/mol. The molecule has 4 rings (SSSR count). The third-order valence-corrected chi connectivity index (χ3v) is 5.62. The first-order valence-electron chi connectivity index (χ1n) is 9.12. The highest BCUT2D eigenvalue weighted by atomic mass is 35.5. The van der Waals surface area contributed by atoms with Gasteiger partial charge < -0.3 is 14.2 Å². The van der Waals surface area contributed by atoms with Gasteiger partial charge in [0.1, 0.15) is 22.4 Å². The predicted octanol–water partition coefficient (Wildman–Crippen LogP) is 2.80. The smallest absolute Gasteiger partial charge is 0.274 e. The van der Waals surface area contributed by atoms with Gasteiger partial charge in [-0.15, -0.1) is 0 Å². The lowest BCUT2D eigenvalue weighted by molar-refractivity contribution is 0.00677. The average molecular weight is 423 g/mol. The fraction of sp³-hybridized carbons (Fsp3) is 0.350. The van der Waals surface area contributed by atoms with Crippen molar-refractivity contribution in [2.75, 3.05) is 6.61 Å². The van der Waals surface area contributed by atoms with Gasteiger partial charge in [-0.25, -0.2) is 8.78 Å². The molecule has 0 aliphatic carbocycles. The van der Waals surface area contributed by atoms with E-state index in [0.29, 0.717) is 6.61 Å². The molecule has 1 aromatic heterocycles. The molecule has 29 heavy (non-hydrogen) atoms. The minimum absolute atomic E-state index is 0.000281. The normalized spacial score (nSPS) is 20.6. The molecule has 0 N–H and O–H groups in total. The molecule has 2 aromatic rings. The van der Waals surface area contributed by atoms with Gasteiger partial charge in [-0.1, -0.05) is 17.7 Å². The largest absolute Gasteiger partial charge is 0.354 e. The van der Waals surface area contributed by atoms with Gasteiger partial charge >= 0.3 is 0 Å². The first-order chi connectivity index (χ1) is 13.8. The van der Waals surface area contributed by atoms with Crippen molar-refractivity contribution in [3.8, 4) is 0 Å². The number of ether oxygens (including phenoxy) is 1. The number of hydrogen-bond acceptors (Lipinski definition) is 4. The quantitative estimate of drug-likeness (QED) is 0.710. The first kappa shape index (κ1) is 19.7. The van der Waals surface area contributed by atoms with Crippen LogP contribution in [-0.4, -0.2) is 40.0 Å². The number of carbonyl (C=O) groups excluding carboxylic acids is 2. The van der Waals surface area contributed by atoms with E-state index in [9.17, 15) is 23.2 Å². The van der Waals surface area contributed by atoms with E-state index < -0.39 is 35.0 Å². The van der Waals surface area contributed by atoms with Gasteiger partial charge in [-0.2, -0.15) is 0 Å². The van der Waals surface area contributed by atoms with Crippen LogP contribution < -0.4 is 5.43 Å². The summed E-state index contributed by atoms with van der Waals surface area (Å²) in [6, 6.07) is 2.97. The zero-order chi connectivity index (χ0) is 20.9. The van der Waals surface area contributed by atoms with E-state index in [0.717, 1.165) is 12.1 Å². The molecule has 152 valence electrons. The average Bonchev–Trinajstić information content (AvgIpc) is 3.04. The maximum atomic E-state index is 13.8. The molecule has 0 bridgehead atoms. The number of Topliss-reactive ketones (excluding diaryl/α,β-unsaturated/α-hetero) is 1. The van der Waals surface area contributed by atoms with E-state index in [1.54, 1.807) is 4.90 Å². The molecular formula is C20H17ClF2N2O4. The number of amides is 1. The number of halogens is 3. The van der Waals surface area contributed by atoms with Crippen LogP contribution in [0.15, 0.2) is 29.2 Å². The SMILES string of the molecule is C[C@H]1CO[C@@H]2Cn3cc(C(=O)CCc4ccc(F)cc4F)c(=O)c(Cl)c3C(=O)N12. The molecule has 1 fully saturated rings. The lowest BCUT2D eigenvalue weighted by Crippen LogP contribution is -2.49. The zero-order valence-corrected chi connectivity index (χ0v) is 16.2. The fourth-order valence-electron chi connectivity index (χ4n) is 3.75. The van der Waals surface area contributed by atoms with Crippen LogP contribution in [0.5, 0.6) is 0 Å². The van der Waals surface area contributed by atoms with Gasteiger partial charge in [0.25, 0.3) is 5.91 Å². The van der Waals surface area contributed by atoms with Crippen LogP contribution in [0.2, 0.25) is 5.02 Å². The van der Waals surface area contributed by atoms with Crippen LogP contribution in [0.1, 0.15) is 39.8 Å². The number of pyridine rings is 1. The van der Waals surface area contributed by atoms with Crippen LogP contribution in [0.4, 0.5) is 8.78 Å². The molecule has 0 unspecified atom stereocenters. The number of ketones is 1. The Morgan fingerprint density at radius 1 is 1.31 bits per heavy atom. The van der Waals surface area contributed by atoms with E-state index in [2.05, 4.69) is 0 Å². The maximum absolute atomic E-state index is 13.8. The van der Waals surface area contributed by atoms with Crippen LogP contribution in [0.25, 0.3) is 0 Å². The number of aryl methyl sites for hydroxylation is 1. The molecule has 1 amide bonds. The van der Waals surface area contributed by atoms with Gasteiger partial charge in [-0.05, 0) is 25.0 Å². The molecule has 1 aromatic carbocycles. The van der Waals surface area contributed by atoms with Crippen molar-refractivity contribution in [3.05, 3.63) is 68.1 Å². The molecule has 3 heterocycles. The summed E-state index contributed by atoms with van der Waals surface area (Å²) in [6.07, 6.45) is 0.665. The number of hydrogen-bond donors (Lipinski definition) is 0. The maximum Gasteiger partial charge on any atom is 0.274 e. The summed E-state index contributed by atoms with van der Waals surface area (Å²) in [4.78, 5) is 39.6. The minimum Gasteiger partial charge on any atom is -0.354 e. The van der Waals surface area contributed by atoms with Crippen molar-refractivity contribution in [1.29, 1.82) is 0 Å². The highest BCUT2D eigenvalue weighted by molar-refractivity contribution is 6.33. The lowest BCUT2D eigenvalue weighted by atomic mass is 10.0. The number of carbonyl (C=O) groups is 2. The van der Waals surface area contributed by atoms with Crippen molar-refractivity contribution in [1.82, 2.24) is 9.47 Å². The number of rotatable bonds is 4. The molecule has 1 saturated heterocycles. The molecule has 0 saturated carbocycles. The van der Waals surface area contributed by atoms with E-state index in [1.165, 1.54) is 16.8 Å². The van der Waals surface area contributed by atoms with Crippen molar-refractivity contribution in [2.24, 2.45) is 0 Å². The van der Waals surface area contributed by atoms with E-state index in [-0.39, 0.29) is 47.3 Å². The Morgan fingerprint density at radius 2 is 2.07 bits per heavy atom. The second kappa shape index (κ2) is 7.35. The zero-order valence-electron chi connectivity index (χ0n) is 15.5. The van der Waals surface area contributed by atoms with Gasteiger partial charge in [-0.3, -0.25) is 14.4 Å². The number of benzene rings is 1. The topological polar surface area (TPSA) is 68.6 Å². The summed E-state index contributed by atoms with van der Waals surface area (Å²) in [5, 5.41) is -0.314. The molecule has 0 radical (unpaired) electrons. The Labute approximate surface area is 169 Å². The summed E-state index contributed by atoms with van der Waals surface area (Å²) in [6.45, 7) is 2.46. The Bertz CT molecular complexity index is 1080. The Morgan fingerprint density at radius 3 is 2.79 bits per heavy atom. The number of fused-ring (bicyclic) bond motifs is 2. The van der Waals surface area contributed by atoms with Crippen LogP contribution in [0, 0.1) is 11.6 Å². The highest BCUT2D eigenvalue weighted by Gasteiger charge is 2.42. The number of nitrogens with zero attached hydrogens (tertiary/aromatic N) is 2. The third-order valence-electron chi connectivity index (χ3n) is 5.27. The fourth-order valence-corrected chi connectivity index (χ4v) is 4.05. The standard InChI is InChI=1S/C20H17ClF2N2O4/c1-10-9-29-16-8-24-7-13(19(27)17(21)18(24)20(28)25(10)16)15(26)5-3-11-2-4-12(22)6-14(11)23/h2,4,6-7,10,16H,3,5,8-9H2,1H3/t10-,16+/m0/s1. The van der Waals surface area contributed by atoms with E-state index >= 15 is 0 Å². The van der Waals surface area contributed by atoms with E-state index in [4.69, 9.17) is 16.3 Å². The van der Waals surface area contributed by atoms with Crippen molar-refractivity contribution < 1.29 is 23.1 Å².